The summed E-state index contributed by atoms with van der Waals surface area (Å²) in [4.78, 5) is 23.9. The van der Waals surface area contributed by atoms with Gasteiger partial charge in [-0.15, -0.1) is 0 Å². The van der Waals surface area contributed by atoms with Crippen LogP contribution in [0.3, 0.4) is 0 Å². The second-order valence-electron chi connectivity index (χ2n) is 5.38. The molecule has 2 aromatic carbocycles. The van der Waals surface area contributed by atoms with Crippen molar-refractivity contribution in [2.75, 3.05) is 16.4 Å². The first-order valence-electron chi connectivity index (χ1n) is 6.92. The molecule has 0 spiro atoms. The lowest BCUT2D eigenvalue weighted by atomic mass is 10.1. The number of aryl methyl sites for hydroxylation is 3. The van der Waals surface area contributed by atoms with Gasteiger partial charge in [0.15, 0.2) is 0 Å². The molecule has 0 unspecified atom stereocenters. The van der Waals surface area contributed by atoms with Gasteiger partial charge in [-0.2, -0.15) is 0 Å². The maximum Gasteiger partial charge on any atom is 0.314 e. The molecule has 0 aliphatic carbocycles. The zero-order valence-corrected chi connectivity index (χ0v) is 12.9. The number of hydrogen-bond acceptors (Lipinski definition) is 3. The van der Waals surface area contributed by atoms with Crippen LogP contribution in [0.2, 0.25) is 0 Å². The van der Waals surface area contributed by atoms with Gasteiger partial charge in [-0.1, -0.05) is 12.1 Å². The van der Waals surface area contributed by atoms with Crippen LogP contribution in [0.4, 0.5) is 17.1 Å². The van der Waals surface area contributed by atoms with E-state index in [1.165, 1.54) is 0 Å². The number of amides is 2. The summed E-state index contributed by atoms with van der Waals surface area (Å²) in [5.74, 6) is -1.48. The van der Waals surface area contributed by atoms with Gasteiger partial charge in [0.2, 0.25) is 0 Å². The second-order valence-corrected chi connectivity index (χ2v) is 5.38. The normalized spacial score (nSPS) is 10.1. The van der Waals surface area contributed by atoms with Crippen LogP contribution < -0.4 is 16.4 Å². The fraction of sp³-hybridized carbons (Fsp3) is 0.176. The number of carbonyl (C=O) groups is 2. The van der Waals surface area contributed by atoms with Gasteiger partial charge in [0.05, 0.1) is 11.4 Å². The van der Waals surface area contributed by atoms with Crippen LogP contribution in [0.1, 0.15) is 16.7 Å². The first-order chi connectivity index (χ1) is 10.3. The van der Waals surface area contributed by atoms with E-state index in [0.29, 0.717) is 17.1 Å². The average molecular weight is 297 g/mol. The Balaban J connectivity index is 2.09. The predicted molar refractivity (Wildman–Crippen MR) is 88.8 cm³/mol. The number of rotatable bonds is 2. The molecule has 0 aliphatic heterocycles. The van der Waals surface area contributed by atoms with Gasteiger partial charge >= 0.3 is 11.8 Å². The monoisotopic (exact) mass is 297 g/mol. The largest absolute Gasteiger partial charge is 0.397 e. The summed E-state index contributed by atoms with van der Waals surface area (Å²) in [7, 11) is 0. The lowest BCUT2D eigenvalue weighted by molar-refractivity contribution is -0.132. The molecule has 0 saturated carbocycles. The van der Waals surface area contributed by atoms with Gasteiger partial charge in [0.25, 0.3) is 0 Å². The van der Waals surface area contributed by atoms with E-state index in [1.54, 1.807) is 24.3 Å². The summed E-state index contributed by atoms with van der Waals surface area (Å²) in [6.45, 7) is 5.73. The highest BCUT2D eigenvalue weighted by atomic mass is 16.2. The van der Waals surface area contributed by atoms with Crippen LogP contribution in [0, 0.1) is 20.8 Å². The molecule has 0 aliphatic rings. The van der Waals surface area contributed by atoms with E-state index in [4.69, 9.17) is 5.73 Å². The molecule has 0 atom stereocenters. The Bertz CT molecular complexity index is 718. The van der Waals surface area contributed by atoms with E-state index in [1.807, 2.05) is 32.9 Å². The Morgan fingerprint density at radius 2 is 1.41 bits per heavy atom. The molecular formula is C17H19N3O2. The van der Waals surface area contributed by atoms with Crippen molar-refractivity contribution in [2.24, 2.45) is 0 Å². The number of nitrogen functional groups attached to an aromatic ring is 1. The maximum absolute atomic E-state index is 12.0. The highest BCUT2D eigenvalue weighted by Gasteiger charge is 2.15. The fourth-order valence-corrected chi connectivity index (χ4v) is 2.19. The average Bonchev–Trinajstić information content (AvgIpc) is 2.41. The fourth-order valence-electron chi connectivity index (χ4n) is 2.19. The highest BCUT2D eigenvalue weighted by molar-refractivity contribution is 6.43. The lowest BCUT2D eigenvalue weighted by Gasteiger charge is -2.10. The molecule has 0 saturated heterocycles. The predicted octanol–water partition coefficient (Wildman–Crippen LogP) is 2.77. The second kappa shape index (κ2) is 6.30. The molecule has 4 N–H and O–H groups in total. The molecule has 5 nitrogen and oxygen atoms in total. The van der Waals surface area contributed by atoms with Crippen LogP contribution in [0.25, 0.3) is 0 Å². The van der Waals surface area contributed by atoms with Crippen molar-refractivity contribution in [1.82, 2.24) is 0 Å². The van der Waals surface area contributed by atoms with E-state index in [-0.39, 0.29) is 0 Å². The van der Waals surface area contributed by atoms with Crippen molar-refractivity contribution in [2.45, 2.75) is 20.8 Å². The van der Waals surface area contributed by atoms with Crippen LogP contribution in [0.15, 0.2) is 36.4 Å². The third-order valence-corrected chi connectivity index (χ3v) is 3.14. The third-order valence-electron chi connectivity index (χ3n) is 3.14. The zero-order valence-electron chi connectivity index (χ0n) is 12.9. The van der Waals surface area contributed by atoms with Crippen LogP contribution in [0.5, 0.6) is 0 Å². The van der Waals surface area contributed by atoms with Gasteiger partial charge in [0.1, 0.15) is 0 Å². The van der Waals surface area contributed by atoms with Gasteiger partial charge in [0, 0.05) is 5.69 Å². The first-order valence-corrected chi connectivity index (χ1v) is 6.92. The summed E-state index contributed by atoms with van der Waals surface area (Å²) in [5, 5.41) is 5.11. The van der Waals surface area contributed by atoms with Crippen molar-refractivity contribution >= 4 is 28.9 Å². The standard InChI is InChI=1S/C17H19N3O2/c1-10-4-5-14(18)15(9-10)20-17(22)16(21)19-13-7-11(2)6-12(3)8-13/h4-9H,18H2,1-3H3,(H,19,21)(H,20,22). The van der Waals surface area contributed by atoms with Crippen LogP contribution >= 0.6 is 0 Å². The number of benzene rings is 2. The topological polar surface area (TPSA) is 84.2 Å². The molecule has 0 fully saturated rings. The molecular weight excluding hydrogens is 278 g/mol. The van der Waals surface area contributed by atoms with Gasteiger partial charge < -0.3 is 16.4 Å². The minimum absolute atomic E-state index is 0.415. The quantitative estimate of drug-likeness (QED) is 0.588. The molecule has 2 rings (SSSR count). The third kappa shape index (κ3) is 3.85. The molecule has 0 radical (unpaired) electrons. The summed E-state index contributed by atoms with van der Waals surface area (Å²) >= 11 is 0. The minimum Gasteiger partial charge on any atom is -0.397 e. The molecule has 0 aromatic heterocycles. The van der Waals surface area contributed by atoms with Gasteiger partial charge in [-0.05, 0) is 61.7 Å². The summed E-state index contributed by atoms with van der Waals surface area (Å²) in [5.41, 5.74) is 10.2. The molecule has 2 aromatic rings. The number of hydrogen-bond donors (Lipinski definition) is 3. The summed E-state index contributed by atoms with van der Waals surface area (Å²) < 4.78 is 0. The highest BCUT2D eigenvalue weighted by Crippen LogP contribution is 2.19. The number of nitrogens with one attached hydrogen (secondary N) is 2. The zero-order chi connectivity index (χ0) is 16.3. The number of anilines is 3. The molecule has 0 heterocycles. The van der Waals surface area contributed by atoms with Crippen molar-refractivity contribution in [3.05, 3.63) is 53.1 Å². The van der Waals surface area contributed by atoms with Crippen molar-refractivity contribution in [1.29, 1.82) is 0 Å². The van der Waals surface area contributed by atoms with Crippen LogP contribution in [-0.2, 0) is 9.59 Å². The Labute approximate surface area is 129 Å². The molecule has 2 amide bonds. The number of carbonyl (C=O) groups excluding carboxylic acids is 2. The number of nitrogens with two attached hydrogens (primary N) is 1. The van der Waals surface area contributed by atoms with E-state index >= 15 is 0 Å². The Kier molecular flexibility index (Phi) is 4.46. The molecule has 22 heavy (non-hydrogen) atoms. The molecule has 0 bridgehead atoms. The van der Waals surface area contributed by atoms with E-state index in [0.717, 1.165) is 16.7 Å². The smallest absolute Gasteiger partial charge is 0.314 e. The van der Waals surface area contributed by atoms with Gasteiger partial charge in [-0.25, -0.2) is 0 Å². The Morgan fingerprint density at radius 1 is 0.818 bits per heavy atom. The van der Waals surface area contributed by atoms with Crippen molar-refractivity contribution in [3.63, 3.8) is 0 Å². The SMILES string of the molecule is Cc1cc(C)cc(NC(=O)C(=O)Nc2cc(C)ccc2N)c1. The van der Waals surface area contributed by atoms with E-state index in [2.05, 4.69) is 10.6 Å². The van der Waals surface area contributed by atoms with Crippen molar-refractivity contribution < 1.29 is 9.59 Å². The van der Waals surface area contributed by atoms with Gasteiger partial charge in [-0.3, -0.25) is 9.59 Å². The summed E-state index contributed by atoms with van der Waals surface area (Å²) in [6, 6.07) is 10.8. The Morgan fingerprint density at radius 3 is 2.05 bits per heavy atom. The Hall–Kier alpha value is -2.82. The van der Waals surface area contributed by atoms with Crippen molar-refractivity contribution in [3.8, 4) is 0 Å². The molecule has 114 valence electrons. The minimum atomic E-state index is -0.753. The van der Waals surface area contributed by atoms with E-state index in [9.17, 15) is 9.59 Å². The lowest BCUT2D eigenvalue weighted by Crippen LogP contribution is -2.29. The van der Waals surface area contributed by atoms with E-state index < -0.39 is 11.8 Å². The van der Waals surface area contributed by atoms with Crippen LogP contribution in [-0.4, -0.2) is 11.8 Å². The maximum atomic E-state index is 12.0. The first kappa shape index (κ1) is 15.6. The molecule has 5 heteroatoms. The summed E-state index contributed by atoms with van der Waals surface area (Å²) in [6.07, 6.45) is 0.